The second-order valence-corrected chi connectivity index (χ2v) is 5.30. The molecule has 1 aromatic rings. The van der Waals surface area contributed by atoms with E-state index in [9.17, 15) is 0 Å². The molecule has 2 atom stereocenters. The van der Waals surface area contributed by atoms with Gasteiger partial charge < -0.3 is 4.84 Å². The van der Waals surface area contributed by atoms with Gasteiger partial charge in [-0.3, -0.25) is 4.90 Å². The van der Waals surface area contributed by atoms with Crippen LogP contribution < -0.4 is 0 Å². The van der Waals surface area contributed by atoms with Gasteiger partial charge in [0.25, 0.3) is 0 Å². The highest BCUT2D eigenvalue weighted by Crippen LogP contribution is 2.25. The number of nitrogens with zero attached hydrogens (tertiary/aromatic N) is 2. The van der Waals surface area contributed by atoms with Gasteiger partial charge in [0.1, 0.15) is 0 Å². The molecule has 3 heterocycles. The molecule has 0 aliphatic carbocycles. The summed E-state index contributed by atoms with van der Waals surface area (Å²) in [7, 11) is 0. The highest BCUT2D eigenvalue weighted by molar-refractivity contribution is 7.10. The van der Waals surface area contributed by atoms with Gasteiger partial charge in [-0.05, 0) is 24.4 Å². The maximum Gasteiger partial charge on any atom is 0.177 e. The zero-order valence-corrected chi connectivity index (χ0v) is 10.4. The molecular formula is C13H14N2OS. The SMILES string of the molecule is C(#Cc1cccs1)CO/N=C1/CN2CCC1C2. The highest BCUT2D eigenvalue weighted by atomic mass is 32.1. The number of hydrogen-bond donors (Lipinski definition) is 0. The van der Waals surface area contributed by atoms with Crippen molar-refractivity contribution in [1.82, 2.24) is 4.90 Å². The second-order valence-electron chi connectivity index (χ2n) is 4.36. The molecule has 88 valence electrons. The second kappa shape index (κ2) is 4.91. The van der Waals surface area contributed by atoms with E-state index in [-0.39, 0.29) is 0 Å². The molecule has 0 radical (unpaired) electrons. The smallest absolute Gasteiger partial charge is 0.177 e. The molecule has 4 heteroatoms. The molecule has 0 aromatic carbocycles. The molecule has 1 aromatic heterocycles. The van der Waals surface area contributed by atoms with Crippen LogP contribution in [0.3, 0.4) is 0 Å². The fraction of sp³-hybridized carbons (Fsp3) is 0.462. The summed E-state index contributed by atoms with van der Waals surface area (Å²) in [6, 6.07) is 4.01. The minimum Gasteiger partial charge on any atom is -0.383 e. The fourth-order valence-electron chi connectivity index (χ4n) is 2.33. The number of thiophene rings is 1. The van der Waals surface area contributed by atoms with Crippen LogP contribution >= 0.6 is 11.3 Å². The van der Waals surface area contributed by atoms with E-state index in [1.165, 1.54) is 25.2 Å². The lowest BCUT2D eigenvalue weighted by molar-refractivity contribution is 0.177. The third-order valence-electron chi connectivity index (χ3n) is 3.18. The van der Waals surface area contributed by atoms with E-state index in [1.54, 1.807) is 11.3 Å². The first-order valence-electron chi connectivity index (χ1n) is 5.85. The van der Waals surface area contributed by atoms with Crippen molar-refractivity contribution in [3.63, 3.8) is 0 Å². The van der Waals surface area contributed by atoms with Gasteiger partial charge in [-0.25, -0.2) is 0 Å². The van der Waals surface area contributed by atoms with E-state index >= 15 is 0 Å². The molecule has 2 saturated heterocycles. The predicted molar refractivity (Wildman–Crippen MR) is 69.1 cm³/mol. The molecular weight excluding hydrogens is 232 g/mol. The van der Waals surface area contributed by atoms with E-state index in [0.717, 1.165) is 11.4 Å². The van der Waals surface area contributed by atoms with Gasteiger partial charge in [-0.15, -0.1) is 11.3 Å². The predicted octanol–water partition coefficient (Wildman–Crippen LogP) is 1.81. The van der Waals surface area contributed by atoms with Gasteiger partial charge in [0.15, 0.2) is 6.61 Å². The first-order valence-corrected chi connectivity index (χ1v) is 6.73. The molecule has 3 nitrogen and oxygen atoms in total. The number of fused-ring (bicyclic) bond motifs is 2. The maximum atomic E-state index is 5.26. The van der Waals surface area contributed by atoms with E-state index in [4.69, 9.17) is 4.84 Å². The van der Waals surface area contributed by atoms with Gasteiger partial charge in [0, 0.05) is 19.0 Å². The minimum absolute atomic E-state index is 0.383. The van der Waals surface area contributed by atoms with Crippen molar-refractivity contribution >= 4 is 17.0 Å². The van der Waals surface area contributed by atoms with Crippen LogP contribution in [-0.4, -0.2) is 36.9 Å². The lowest BCUT2D eigenvalue weighted by Gasteiger charge is -2.12. The van der Waals surface area contributed by atoms with Crippen molar-refractivity contribution in [2.75, 3.05) is 26.2 Å². The molecule has 2 aliphatic rings. The first kappa shape index (κ1) is 10.8. The molecule has 0 amide bonds. The Balaban J connectivity index is 1.48. The zero-order valence-electron chi connectivity index (χ0n) is 9.56. The summed E-state index contributed by atoms with van der Waals surface area (Å²) in [5.41, 5.74) is 1.20. The van der Waals surface area contributed by atoms with Crippen LogP contribution in [0.1, 0.15) is 11.3 Å². The summed E-state index contributed by atoms with van der Waals surface area (Å²) in [5, 5.41) is 6.22. The molecule has 0 spiro atoms. The average molecular weight is 246 g/mol. The highest BCUT2D eigenvalue weighted by Gasteiger charge is 2.35. The Morgan fingerprint density at radius 2 is 2.59 bits per heavy atom. The lowest BCUT2D eigenvalue weighted by atomic mass is 10.0. The van der Waals surface area contributed by atoms with Gasteiger partial charge in [-0.2, -0.15) is 0 Å². The summed E-state index contributed by atoms with van der Waals surface area (Å²) < 4.78 is 0. The van der Waals surface area contributed by atoms with Crippen molar-refractivity contribution in [2.45, 2.75) is 6.42 Å². The summed E-state index contributed by atoms with van der Waals surface area (Å²) >= 11 is 1.64. The topological polar surface area (TPSA) is 24.8 Å². The molecule has 0 N–H and O–H groups in total. The van der Waals surface area contributed by atoms with Crippen LogP contribution in [0.2, 0.25) is 0 Å². The number of rotatable bonds is 2. The van der Waals surface area contributed by atoms with Crippen molar-refractivity contribution in [1.29, 1.82) is 0 Å². The quantitative estimate of drug-likeness (QED) is 0.451. The number of oxime groups is 1. The van der Waals surface area contributed by atoms with E-state index in [2.05, 4.69) is 21.9 Å². The van der Waals surface area contributed by atoms with E-state index in [0.29, 0.717) is 12.5 Å². The molecule has 2 aliphatic heterocycles. The van der Waals surface area contributed by atoms with Gasteiger partial charge in [-0.1, -0.05) is 23.1 Å². The summed E-state index contributed by atoms with van der Waals surface area (Å²) in [4.78, 5) is 8.76. The summed E-state index contributed by atoms with van der Waals surface area (Å²) in [6.45, 7) is 3.77. The Labute approximate surface area is 105 Å². The number of hydrogen-bond acceptors (Lipinski definition) is 4. The van der Waals surface area contributed by atoms with Crippen molar-refractivity contribution in [2.24, 2.45) is 11.1 Å². The Morgan fingerprint density at radius 1 is 1.59 bits per heavy atom. The van der Waals surface area contributed by atoms with Gasteiger partial charge in [0.05, 0.1) is 10.6 Å². The molecule has 3 rings (SSSR count). The van der Waals surface area contributed by atoms with Crippen LogP contribution in [-0.2, 0) is 4.84 Å². The van der Waals surface area contributed by atoms with Crippen molar-refractivity contribution in [3.05, 3.63) is 22.4 Å². The normalized spacial score (nSPS) is 28.1. The maximum absolute atomic E-state index is 5.26. The Hall–Kier alpha value is -1.31. The first-order chi connectivity index (χ1) is 8.42. The summed E-state index contributed by atoms with van der Waals surface area (Å²) in [6.07, 6.45) is 1.24. The summed E-state index contributed by atoms with van der Waals surface area (Å²) in [5.74, 6) is 6.66. The minimum atomic E-state index is 0.383. The van der Waals surface area contributed by atoms with Crippen LogP contribution in [0.15, 0.2) is 22.7 Å². The van der Waals surface area contributed by atoms with Crippen LogP contribution in [0, 0.1) is 17.8 Å². The lowest BCUT2D eigenvalue weighted by Crippen LogP contribution is -2.23. The third kappa shape index (κ3) is 2.51. The molecule has 17 heavy (non-hydrogen) atoms. The average Bonchev–Trinajstić information content (AvgIpc) is 3.05. The van der Waals surface area contributed by atoms with E-state index in [1.807, 2.05) is 17.5 Å². The van der Waals surface area contributed by atoms with Gasteiger partial charge >= 0.3 is 0 Å². The Morgan fingerprint density at radius 3 is 3.29 bits per heavy atom. The van der Waals surface area contributed by atoms with Crippen molar-refractivity contribution < 1.29 is 4.84 Å². The Kier molecular flexibility index (Phi) is 3.12. The third-order valence-corrected chi connectivity index (χ3v) is 3.97. The van der Waals surface area contributed by atoms with Crippen molar-refractivity contribution in [3.8, 4) is 11.8 Å². The van der Waals surface area contributed by atoms with Crippen LogP contribution in [0.25, 0.3) is 0 Å². The van der Waals surface area contributed by atoms with Crippen LogP contribution in [0.4, 0.5) is 0 Å². The van der Waals surface area contributed by atoms with Crippen LogP contribution in [0.5, 0.6) is 0 Å². The number of piperidine rings is 1. The molecule has 2 bridgehead atoms. The molecule has 2 unspecified atom stereocenters. The largest absolute Gasteiger partial charge is 0.383 e. The molecule has 0 saturated carbocycles. The zero-order chi connectivity index (χ0) is 11.5. The standard InChI is InChI=1S/C13H14N2OS/c1(3-12-4-2-8-17-12)7-16-14-13-10-15-6-5-11(13)9-15/h2,4,8,11H,5-7,9-10H2/b14-13-. The monoisotopic (exact) mass is 246 g/mol. The fourth-order valence-corrected chi connectivity index (χ4v) is 2.92. The van der Waals surface area contributed by atoms with Gasteiger partial charge in [0.2, 0.25) is 0 Å². The molecule has 2 fully saturated rings. The van der Waals surface area contributed by atoms with E-state index < -0.39 is 0 Å². The Bertz CT molecular complexity index is 469.